The first-order valence-electron chi connectivity index (χ1n) is 9.03. The molecule has 3 rings (SSSR count). The molecule has 0 spiro atoms. The third-order valence-corrected chi connectivity index (χ3v) is 4.70. The van der Waals surface area contributed by atoms with E-state index < -0.39 is 23.8 Å². The minimum Gasteiger partial charge on any atom is -0.497 e. The summed E-state index contributed by atoms with van der Waals surface area (Å²) in [7, 11) is 1.52. The van der Waals surface area contributed by atoms with Crippen LogP contribution < -0.4 is 24.8 Å². The second-order valence-corrected chi connectivity index (χ2v) is 7.03. The van der Waals surface area contributed by atoms with Gasteiger partial charge in [-0.15, -0.1) is 0 Å². The van der Waals surface area contributed by atoms with Gasteiger partial charge in [-0.1, -0.05) is 0 Å². The molecular weight excluding hydrogens is 472 g/mol. The van der Waals surface area contributed by atoms with Gasteiger partial charge in [-0.05, 0) is 70.9 Å². The van der Waals surface area contributed by atoms with E-state index in [2.05, 4.69) is 15.9 Å². The van der Waals surface area contributed by atoms with Crippen molar-refractivity contribution >= 4 is 45.8 Å². The van der Waals surface area contributed by atoms with E-state index in [0.717, 1.165) is 0 Å². The minimum atomic E-state index is -0.885. The Morgan fingerprint density at radius 2 is 1.71 bits per heavy atom. The molecule has 0 bridgehead atoms. The molecule has 0 aromatic heterocycles. The lowest BCUT2D eigenvalue weighted by atomic mass is 10.1. The molecule has 2 aromatic carbocycles. The Morgan fingerprint density at radius 1 is 1.06 bits per heavy atom. The molecule has 4 amide bonds. The van der Waals surface area contributed by atoms with E-state index in [1.807, 2.05) is 10.6 Å². The van der Waals surface area contributed by atoms with Crippen molar-refractivity contribution in [1.29, 1.82) is 0 Å². The first kappa shape index (κ1) is 22.0. The van der Waals surface area contributed by atoms with Crippen molar-refractivity contribution in [2.45, 2.75) is 6.92 Å². The molecule has 9 nitrogen and oxygen atoms in total. The van der Waals surface area contributed by atoms with Gasteiger partial charge in [0.05, 0.1) is 23.8 Å². The van der Waals surface area contributed by atoms with Gasteiger partial charge >= 0.3 is 12.0 Å². The average molecular weight is 489 g/mol. The van der Waals surface area contributed by atoms with Gasteiger partial charge in [0.2, 0.25) is 0 Å². The quantitative estimate of drug-likeness (QED) is 0.277. The van der Waals surface area contributed by atoms with E-state index in [9.17, 15) is 19.2 Å². The van der Waals surface area contributed by atoms with Crippen LogP contribution in [0, 0.1) is 0 Å². The number of carbonyl (C=O) groups is 4. The number of nitrogens with one attached hydrogen (secondary N) is 2. The van der Waals surface area contributed by atoms with Crippen LogP contribution in [-0.4, -0.2) is 37.5 Å². The molecule has 0 radical (unpaired) electrons. The first-order valence-corrected chi connectivity index (χ1v) is 9.82. The molecule has 0 unspecified atom stereocenters. The molecule has 0 aliphatic carbocycles. The standard InChI is InChI=1S/C21H17BrN2O7/c1-3-30-16-10-11(8-14-18(25)23-21(28)24-19(14)26)9-15(22)17(16)31-20(27)12-4-6-13(29-2)7-5-12/h4-10H,3H2,1-2H3,(H2,23,24,25,26,28). The second-order valence-electron chi connectivity index (χ2n) is 6.18. The number of urea groups is 1. The van der Waals surface area contributed by atoms with Crippen LogP contribution in [-0.2, 0) is 9.59 Å². The van der Waals surface area contributed by atoms with Crippen LogP contribution >= 0.6 is 15.9 Å². The number of imide groups is 2. The number of barbiturate groups is 1. The number of amides is 4. The first-order chi connectivity index (χ1) is 14.8. The van der Waals surface area contributed by atoms with E-state index in [1.165, 1.54) is 19.3 Å². The highest BCUT2D eigenvalue weighted by atomic mass is 79.9. The number of hydrogen-bond donors (Lipinski definition) is 2. The molecule has 1 fully saturated rings. The number of methoxy groups -OCH3 is 1. The third-order valence-electron chi connectivity index (χ3n) is 4.11. The van der Waals surface area contributed by atoms with Gasteiger partial charge < -0.3 is 14.2 Å². The topological polar surface area (TPSA) is 120 Å². The number of hydrogen-bond acceptors (Lipinski definition) is 7. The van der Waals surface area contributed by atoms with Crippen LogP contribution in [0.1, 0.15) is 22.8 Å². The summed E-state index contributed by atoms with van der Waals surface area (Å²) < 4.78 is 16.5. The molecule has 10 heteroatoms. The van der Waals surface area contributed by atoms with Gasteiger partial charge in [-0.2, -0.15) is 0 Å². The predicted molar refractivity (Wildman–Crippen MR) is 113 cm³/mol. The summed E-state index contributed by atoms with van der Waals surface area (Å²) in [6, 6.07) is 8.57. The molecule has 160 valence electrons. The summed E-state index contributed by atoms with van der Waals surface area (Å²) >= 11 is 3.33. The summed E-state index contributed by atoms with van der Waals surface area (Å²) in [5.74, 6) is -1.30. The number of esters is 1. The highest BCUT2D eigenvalue weighted by Crippen LogP contribution is 2.38. The van der Waals surface area contributed by atoms with E-state index in [-0.39, 0.29) is 23.7 Å². The summed E-state index contributed by atoms with van der Waals surface area (Å²) in [4.78, 5) is 47.6. The number of carbonyl (C=O) groups excluding carboxylic acids is 4. The molecule has 31 heavy (non-hydrogen) atoms. The smallest absolute Gasteiger partial charge is 0.343 e. The second kappa shape index (κ2) is 9.43. The SMILES string of the molecule is CCOc1cc(C=C2C(=O)NC(=O)NC2=O)cc(Br)c1OC(=O)c1ccc(OC)cc1. The maximum atomic E-state index is 12.6. The highest BCUT2D eigenvalue weighted by molar-refractivity contribution is 9.10. The van der Waals surface area contributed by atoms with Crippen molar-refractivity contribution in [3.63, 3.8) is 0 Å². The van der Waals surface area contributed by atoms with Crippen LogP contribution in [0.5, 0.6) is 17.2 Å². The molecule has 1 saturated heterocycles. The largest absolute Gasteiger partial charge is 0.497 e. The molecule has 0 saturated carbocycles. The van der Waals surface area contributed by atoms with Crippen LogP contribution in [0.25, 0.3) is 6.08 Å². The van der Waals surface area contributed by atoms with Gasteiger partial charge in [-0.25, -0.2) is 9.59 Å². The van der Waals surface area contributed by atoms with Crippen LogP contribution in [0.4, 0.5) is 4.79 Å². The fraction of sp³-hybridized carbons (Fsp3) is 0.143. The van der Waals surface area contributed by atoms with Crippen LogP contribution in [0.15, 0.2) is 46.4 Å². The van der Waals surface area contributed by atoms with Crippen molar-refractivity contribution in [3.05, 3.63) is 57.6 Å². The number of halogens is 1. The van der Waals surface area contributed by atoms with Crippen molar-refractivity contribution in [2.24, 2.45) is 0 Å². The van der Waals surface area contributed by atoms with Gasteiger partial charge in [0, 0.05) is 0 Å². The fourth-order valence-corrected chi connectivity index (χ4v) is 3.23. The number of rotatable bonds is 6. The van der Waals surface area contributed by atoms with Gasteiger partial charge in [0.15, 0.2) is 11.5 Å². The zero-order valence-electron chi connectivity index (χ0n) is 16.5. The van der Waals surface area contributed by atoms with E-state index in [1.54, 1.807) is 37.3 Å². The Kier molecular flexibility index (Phi) is 6.71. The maximum Gasteiger partial charge on any atom is 0.343 e. The molecule has 1 aliphatic heterocycles. The van der Waals surface area contributed by atoms with Crippen LogP contribution in [0.2, 0.25) is 0 Å². The molecule has 2 N–H and O–H groups in total. The van der Waals surface area contributed by atoms with Crippen LogP contribution in [0.3, 0.4) is 0 Å². The summed E-state index contributed by atoms with van der Waals surface area (Å²) in [6.07, 6.45) is 1.29. The zero-order chi connectivity index (χ0) is 22.5. The van der Waals surface area contributed by atoms with E-state index in [0.29, 0.717) is 21.3 Å². The van der Waals surface area contributed by atoms with Crippen molar-refractivity contribution in [1.82, 2.24) is 10.6 Å². The number of ether oxygens (including phenoxy) is 3. The van der Waals surface area contributed by atoms with Gasteiger partial charge in [-0.3, -0.25) is 20.2 Å². The zero-order valence-corrected chi connectivity index (χ0v) is 18.1. The maximum absolute atomic E-state index is 12.6. The highest BCUT2D eigenvalue weighted by Gasteiger charge is 2.28. The molecule has 1 heterocycles. The lowest BCUT2D eigenvalue weighted by Crippen LogP contribution is -2.51. The van der Waals surface area contributed by atoms with Gasteiger partial charge in [0.1, 0.15) is 11.3 Å². The summed E-state index contributed by atoms with van der Waals surface area (Å²) in [5.41, 5.74) is 0.465. The molecule has 0 atom stereocenters. The fourth-order valence-electron chi connectivity index (χ4n) is 2.69. The normalized spacial score (nSPS) is 13.3. The molecular formula is C21H17BrN2O7. The lowest BCUT2D eigenvalue weighted by Gasteiger charge is -2.16. The van der Waals surface area contributed by atoms with E-state index in [4.69, 9.17) is 14.2 Å². The Bertz CT molecular complexity index is 1070. The molecule has 1 aliphatic rings. The van der Waals surface area contributed by atoms with Crippen molar-refractivity contribution in [2.75, 3.05) is 13.7 Å². The van der Waals surface area contributed by atoms with Gasteiger partial charge in [0.25, 0.3) is 11.8 Å². The number of benzene rings is 2. The van der Waals surface area contributed by atoms with E-state index >= 15 is 0 Å². The van der Waals surface area contributed by atoms with Crippen molar-refractivity contribution < 1.29 is 33.4 Å². The Labute approximate surface area is 185 Å². The summed E-state index contributed by atoms with van der Waals surface area (Å²) in [6.45, 7) is 2.02. The summed E-state index contributed by atoms with van der Waals surface area (Å²) in [5, 5.41) is 4.00. The monoisotopic (exact) mass is 488 g/mol. The van der Waals surface area contributed by atoms with Crippen molar-refractivity contribution in [3.8, 4) is 17.2 Å². The molecule has 2 aromatic rings. The lowest BCUT2D eigenvalue weighted by molar-refractivity contribution is -0.123. The minimum absolute atomic E-state index is 0.137. The average Bonchev–Trinajstić information content (AvgIpc) is 2.73. The Hall–Kier alpha value is -3.66. The Balaban J connectivity index is 1.92. The predicted octanol–water partition coefficient (Wildman–Crippen LogP) is 2.83. The Morgan fingerprint density at radius 3 is 2.29 bits per heavy atom. The third kappa shape index (κ3) is 5.10.